The molecule has 4 N–H and O–H groups in total. The number of carbonyl (C=O) groups excluding carboxylic acids is 1. The Labute approximate surface area is 189 Å². The zero-order valence-electron chi connectivity index (χ0n) is 18.9. The monoisotopic (exact) mass is 442 g/mol. The lowest BCUT2D eigenvalue weighted by Crippen LogP contribution is -2.42. The Bertz CT molecular complexity index is 831. The van der Waals surface area contributed by atoms with Crippen LogP contribution >= 0.6 is 0 Å². The van der Waals surface area contributed by atoms with Crippen molar-refractivity contribution in [2.45, 2.75) is 39.2 Å². The second-order valence-corrected chi connectivity index (χ2v) is 7.44. The van der Waals surface area contributed by atoms with Gasteiger partial charge in [-0.25, -0.2) is 4.79 Å². The molecule has 0 radical (unpaired) electrons. The Hall–Kier alpha value is -3.13. The predicted octanol–water partition coefficient (Wildman–Crippen LogP) is 2.07. The molecule has 1 aliphatic rings. The number of unbranched alkanes of at least 4 members (excludes halogenated alkanes) is 1. The van der Waals surface area contributed by atoms with Crippen molar-refractivity contribution in [3.63, 3.8) is 0 Å². The van der Waals surface area contributed by atoms with Crippen molar-refractivity contribution in [3.8, 4) is 5.75 Å². The minimum Gasteiger partial charge on any atom is -0.494 e. The molecule has 1 aliphatic heterocycles. The van der Waals surface area contributed by atoms with Crippen LogP contribution in [0.3, 0.4) is 0 Å². The number of hydrogen-bond donors (Lipinski definition) is 4. The number of aliphatic carboxylic acids is 1. The maximum absolute atomic E-state index is 12.3. The van der Waals surface area contributed by atoms with E-state index in [9.17, 15) is 14.7 Å². The summed E-state index contributed by atoms with van der Waals surface area (Å²) in [7, 11) is 0. The second kappa shape index (κ2) is 14.0. The Morgan fingerprint density at radius 2 is 2.03 bits per heavy atom. The number of nitrogens with zero attached hydrogens (tertiary/aromatic N) is 1. The molecule has 0 spiro atoms. The number of allylic oxidation sites excluding steroid dienone is 2. The van der Waals surface area contributed by atoms with Crippen LogP contribution in [0.15, 0.2) is 53.1 Å². The van der Waals surface area contributed by atoms with Crippen molar-refractivity contribution < 1.29 is 19.4 Å². The summed E-state index contributed by atoms with van der Waals surface area (Å²) in [6, 6.07) is 6.30. The molecule has 1 atom stereocenters. The molecule has 0 saturated heterocycles. The van der Waals surface area contributed by atoms with E-state index in [1.807, 2.05) is 24.3 Å². The van der Waals surface area contributed by atoms with E-state index in [1.54, 1.807) is 32.1 Å². The molecule has 2 rings (SSSR count). The van der Waals surface area contributed by atoms with Crippen LogP contribution in [0.25, 0.3) is 0 Å². The van der Waals surface area contributed by atoms with Crippen molar-refractivity contribution in [1.29, 1.82) is 0 Å². The van der Waals surface area contributed by atoms with Crippen LogP contribution in [0.1, 0.15) is 32.3 Å². The molecular weight excluding hydrogens is 408 g/mol. The van der Waals surface area contributed by atoms with Crippen LogP contribution in [0.4, 0.5) is 0 Å². The van der Waals surface area contributed by atoms with Gasteiger partial charge in [-0.05, 0) is 44.4 Å². The van der Waals surface area contributed by atoms with Crippen molar-refractivity contribution >= 4 is 17.7 Å². The fourth-order valence-corrected chi connectivity index (χ4v) is 3.18. The van der Waals surface area contributed by atoms with Gasteiger partial charge in [-0.15, -0.1) is 0 Å². The van der Waals surface area contributed by atoms with Crippen LogP contribution in [0.5, 0.6) is 5.75 Å². The third-order valence-corrected chi connectivity index (χ3v) is 4.94. The molecule has 174 valence electrons. The van der Waals surface area contributed by atoms with Crippen LogP contribution < -0.4 is 20.7 Å². The van der Waals surface area contributed by atoms with Crippen molar-refractivity contribution in [2.24, 2.45) is 4.99 Å². The minimum atomic E-state index is -1.07. The summed E-state index contributed by atoms with van der Waals surface area (Å²) in [4.78, 5) is 28.3. The van der Waals surface area contributed by atoms with Crippen LogP contribution in [0.2, 0.25) is 0 Å². The van der Waals surface area contributed by atoms with Crippen molar-refractivity contribution in [1.82, 2.24) is 16.0 Å². The lowest BCUT2D eigenvalue weighted by Gasteiger charge is -2.16. The quantitative estimate of drug-likeness (QED) is 0.224. The predicted molar refractivity (Wildman–Crippen MR) is 126 cm³/mol. The number of amides is 1. The van der Waals surface area contributed by atoms with Gasteiger partial charge in [0.1, 0.15) is 17.6 Å². The van der Waals surface area contributed by atoms with Gasteiger partial charge in [0.25, 0.3) is 5.91 Å². The number of nitrogens with one attached hydrogen (secondary N) is 3. The van der Waals surface area contributed by atoms with E-state index in [0.717, 1.165) is 56.2 Å². The number of amidine groups is 1. The van der Waals surface area contributed by atoms with E-state index in [1.165, 1.54) is 0 Å². The Morgan fingerprint density at radius 3 is 2.66 bits per heavy atom. The summed E-state index contributed by atoms with van der Waals surface area (Å²) in [5, 5.41) is 18.7. The highest BCUT2D eigenvalue weighted by molar-refractivity contribution is 5.98. The van der Waals surface area contributed by atoms with Gasteiger partial charge < -0.3 is 25.8 Å². The number of rotatable bonds is 12. The molecule has 1 aromatic carbocycles. The molecular formula is C24H34N4O4. The van der Waals surface area contributed by atoms with E-state index < -0.39 is 17.9 Å². The van der Waals surface area contributed by atoms with Crippen LogP contribution in [-0.4, -0.2) is 61.6 Å². The third-order valence-electron chi connectivity index (χ3n) is 4.94. The molecule has 1 heterocycles. The smallest absolute Gasteiger partial charge is 0.326 e. The number of benzene rings is 1. The molecule has 0 saturated carbocycles. The largest absolute Gasteiger partial charge is 0.494 e. The van der Waals surface area contributed by atoms with E-state index in [-0.39, 0.29) is 6.42 Å². The van der Waals surface area contributed by atoms with Gasteiger partial charge in [0, 0.05) is 25.1 Å². The summed E-state index contributed by atoms with van der Waals surface area (Å²) >= 11 is 0. The van der Waals surface area contributed by atoms with Gasteiger partial charge in [0.15, 0.2) is 0 Å². The molecule has 1 unspecified atom stereocenters. The molecule has 0 aliphatic carbocycles. The number of hydrogen-bond acceptors (Lipinski definition) is 6. The van der Waals surface area contributed by atoms with Gasteiger partial charge in [-0.1, -0.05) is 30.4 Å². The highest BCUT2D eigenvalue weighted by atomic mass is 16.5. The summed E-state index contributed by atoms with van der Waals surface area (Å²) in [5.41, 5.74) is 1.24. The molecule has 0 fully saturated rings. The maximum Gasteiger partial charge on any atom is 0.326 e. The number of aliphatic imine (C=N–C) groups is 1. The SMILES string of the molecule is C/C=C\C(=C/C)C(=O)NC(Cc1ccc(OCCCCNC2=NCCNC2)cc1)C(=O)O. The average Bonchev–Trinajstić information content (AvgIpc) is 2.80. The van der Waals surface area contributed by atoms with Crippen molar-refractivity contribution in [3.05, 3.63) is 53.6 Å². The summed E-state index contributed by atoms with van der Waals surface area (Å²) in [6.45, 7) is 7.59. The Balaban J connectivity index is 1.74. The number of ether oxygens (including phenoxy) is 1. The highest BCUT2D eigenvalue weighted by Gasteiger charge is 2.21. The number of carboxylic acids is 1. The van der Waals surface area contributed by atoms with Gasteiger partial charge in [-0.3, -0.25) is 9.79 Å². The van der Waals surface area contributed by atoms with E-state index in [4.69, 9.17) is 4.74 Å². The fourth-order valence-electron chi connectivity index (χ4n) is 3.18. The van der Waals surface area contributed by atoms with Gasteiger partial charge in [-0.2, -0.15) is 0 Å². The van der Waals surface area contributed by atoms with Gasteiger partial charge in [0.05, 0.1) is 19.7 Å². The van der Waals surface area contributed by atoms with Gasteiger partial charge in [0.2, 0.25) is 0 Å². The standard InChI is InChI=1S/C24H34N4O4/c1-3-7-19(4-2)23(29)28-21(24(30)31)16-18-8-10-20(11-9-18)32-15-6-5-12-26-22-17-25-13-14-27-22/h3-4,7-11,21,25H,5-6,12-17H2,1-2H3,(H,26,27)(H,28,29)(H,30,31)/b7-3-,19-4+. The first kappa shape index (κ1) is 25.1. The van der Waals surface area contributed by atoms with E-state index in [0.29, 0.717) is 12.2 Å². The third kappa shape index (κ3) is 8.93. The molecule has 1 amide bonds. The average molecular weight is 443 g/mol. The molecule has 8 heteroatoms. The first-order valence-corrected chi connectivity index (χ1v) is 11.1. The van der Waals surface area contributed by atoms with Gasteiger partial charge >= 0.3 is 5.97 Å². The maximum atomic E-state index is 12.3. The lowest BCUT2D eigenvalue weighted by atomic mass is 10.1. The van der Waals surface area contributed by atoms with Crippen LogP contribution in [0, 0.1) is 0 Å². The molecule has 8 nitrogen and oxygen atoms in total. The number of carboxylic acid groups (broad SMARTS) is 1. The molecule has 32 heavy (non-hydrogen) atoms. The van der Waals surface area contributed by atoms with Crippen LogP contribution in [-0.2, 0) is 16.0 Å². The first-order chi connectivity index (χ1) is 15.5. The first-order valence-electron chi connectivity index (χ1n) is 11.1. The molecule has 1 aromatic rings. The zero-order valence-corrected chi connectivity index (χ0v) is 18.9. The molecule has 0 bridgehead atoms. The minimum absolute atomic E-state index is 0.193. The summed E-state index contributed by atoms with van der Waals surface area (Å²) in [5.74, 6) is 0.285. The van der Waals surface area contributed by atoms with E-state index in [2.05, 4.69) is 20.9 Å². The zero-order chi connectivity index (χ0) is 23.2. The number of carbonyl (C=O) groups is 2. The summed E-state index contributed by atoms with van der Waals surface area (Å²) < 4.78 is 5.77. The normalized spacial score (nSPS) is 15.2. The lowest BCUT2D eigenvalue weighted by molar-refractivity contribution is -0.141. The Kier molecular flexibility index (Phi) is 11.0. The summed E-state index contributed by atoms with van der Waals surface area (Å²) in [6.07, 6.45) is 7.14. The fraction of sp³-hybridized carbons (Fsp3) is 0.458. The second-order valence-electron chi connectivity index (χ2n) is 7.44. The highest BCUT2D eigenvalue weighted by Crippen LogP contribution is 2.14. The van der Waals surface area contributed by atoms with Crippen molar-refractivity contribution in [2.75, 3.05) is 32.8 Å². The Morgan fingerprint density at radius 1 is 1.25 bits per heavy atom. The topological polar surface area (TPSA) is 112 Å². The van der Waals surface area contributed by atoms with E-state index >= 15 is 0 Å². The molecule has 0 aromatic heterocycles.